The summed E-state index contributed by atoms with van der Waals surface area (Å²) in [6, 6.07) is 38.9. The Morgan fingerprint density at radius 3 is 0.714 bits per heavy atom. The maximum Gasteiger partial charge on any atom is 3.00 e. The van der Waals surface area contributed by atoms with E-state index in [0.717, 1.165) is 22.3 Å². The number of aromatic nitrogens is 4. The Balaban J connectivity index is 0.00000784. The van der Waals surface area contributed by atoms with Crippen LogP contribution in [-0.4, -0.2) is 60.9 Å². The number of nitrogens with one attached hydrogen (secondary N) is 6. The van der Waals surface area contributed by atoms with Gasteiger partial charge in [-0.25, -0.2) is 9.97 Å². The molecule has 12 nitrogen and oxygen atoms in total. The van der Waals surface area contributed by atoms with Crippen LogP contribution in [0.3, 0.4) is 0 Å². The maximum atomic E-state index is 13.8. The van der Waals surface area contributed by atoms with Crippen LogP contribution in [0.4, 0.5) is 22.7 Å². The fraction of sp³-hybridized carbons (Fsp3) is 0.250. The van der Waals surface area contributed by atoms with Gasteiger partial charge in [0, 0.05) is 111 Å². The SMILES string of the molecule is CC(C)(C)C(=O)Nc1ccccc1-c1c2nc(c(-c3ccccc3NC(=O)C(C)(C)C)c3ccc([nH]3)c(-c3ccccc3NC(=O)C(C)(C)C)c3nc(c(-c4ccccc4NC(=O)C(C)(C)C)c4ccc1[nH]4)C=C3)C=C2.[Al+3]. The molecule has 77 heavy (non-hydrogen) atoms. The van der Waals surface area contributed by atoms with Gasteiger partial charge in [-0.1, -0.05) is 156 Å². The number of nitrogens with zero attached hydrogens (tertiary/aromatic N) is 2. The van der Waals surface area contributed by atoms with Crippen LogP contribution < -0.4 is 21.3 Å². The van der Waals surface area contributed by atoms with Gasteiger partial charge in [-0.15, -0.1) is 0 Å². The number of amides is 4. The summed E-state index contributed by atoms with van der Waals surface area (Å²) in [4.78, 5) is 73.8. The maximum absolute atomic E-state index is 13.8. The first-order valence-electron chi connectivity index (χ1n) is 25.7. The van der Waals surface area contributed by atoms with Crippen molar-refractivity contribution in [3.63, 3.8) is 0 Å². The molecule has 0 atom stereocenters. The van der Waals surface area contributed by atoms with Gasteiger partial charge < -0.3 is 31.2 Å². The molecule has 0 spiro atoms. The first-order valence-corrected chi connectivity index (χ1v) is 25.7. The van der Waals surface area contributed by atoms with E-state index in [0.29, 0.717) is 89.8 Å². The third-order valence-electron chi connectivity index (χ3n) is 13.3. The summed E-state index contributed by atoms with van der Waals surface area (Å²) in [6.45, 7) is 22.6. The molecule has 0 saturated heterocycles. The number of fused-ring (bicyclic) bond motifs is 8. The van der Waals surface area contributed by atoms with Crippen molar-refractivity contribution in [2.45, 2.75) is 83.1 Å². The Bertz CT molecular complexity index is 3260. The number of carbonyl (C=O) groups excluding carboxylic acids is 4. The van der Waals surface area contributed by atoms with Gasteiger partial charge in [0.2, 0.25) is 23.6 Å². The van der Waals surface area contributed by atoms with Crippen molar-refractivity contribution in [1.82, 2.24) is 19.9 Å². The topological polar surface area (TPSA) is 174 Å². The molecule has 386 valence electrons. The zero-order valence-electron chi connectivity index (χ0n) is 46.0. The third kappa shape index (κ3) is 11.5. The molecule has 4 aromatic carbocycles. The van der Waals surface area contributed by atoms with Crippen molar-refractivity contribution in [3.05, 3.63) is 144 Å². The molecular formula is C64H66AlN8O4+3. The predicted molar refractivity (Wildman–Crippen MR) is 319 cm³/mol. The molecule has 0 unspecified atom stereocenters. The monoisotopic (exact) mass is 1040 g/mol. The van der Waals surface area contributed by atoms with Gasteiger partial charge in [-0.2, -0.15) is 0 Å². The first-order chi connectivity index (χ1) is 35.9. The van der Waals surface area contributed by atoms with Crippen LogP contribution in [0.15, 0.2) is 121 Å². The van der Waals surface area contributed by atoms with Crippen LogP contribution in [0.25, 0.3) is 90.9 Å². The van der Waals surface area contributed by atoms with Gasteiger partial charge in [0.05, 0.1) is 22.8 Å². The van der Waals surface area contributed by atoms with E-state index in [4.69, 9.17) is 9.97 Å². The molecule has 0 radical (unpaired) electrons. The number of H-pyrrole nitrogens is 2. The van der Waals surface area contributed by atoms with Gasteiger partial charge in [-0.05, 0) is 72.8 Å². The standard InChI is InChI=1S/C64H66N8O4.Al/c1-61(2,3)57(73)69-41-25-17-13-21-37(41)53-45-29-31-47(65-45)54(38-22-14-18-26-42(38)70-58(74)62(4,5)6)49-33-35-51(67-49)56(40-24-16-20-28-44(40)72-60(76)64(10,11)12)52-36-34-50(68-52)55(48-32-30-46(53)66-48)39-23-15-19-27-43(39)71-59(75)63(7,8)9;/h13-36,65,68H,1-12H3,(H,69,73)(H,70,74)(H,71,75)(H,72,76);/q;+3. The van der Waals surface area contributed by atoms with Gasteiger partial charge in [-0.3, -0.25) is 19.2 Å². The molecule has 0 fully saturated rings. The number of aromatic amines is 2. The van der Waals surface area contributed by atoms with Crippen molar-refractivity contribution >= 4 is 110 Å². The molecule has 9 rings (SSSR count). The molecule has 2 aliphatic rings. The van der Waals surface area contributed by atoms with E-state index >= 15 is 0 Å². The Labute approximate surface area is 461 Å². The Morgan fingerprint density at radius 2 is 0.519 bits per heavy atom. The van der Waals surface area contributed by atoms with Crippen molar-refractivity contribution in [2.24, 2.45) is 21.7 Å². The minimum atomic E-state index is -0.692. The fourth-order valence-corrected chi connectivity index (χ4v) is 8.82. The van der Waals surface area contributed by atoms with Crippen LogP contribution in [-0.2, 0) is 19.2 Å². The van der Waals surface area contributed by atoms with E-state index in [1.807, 2.05) is 229 Å². The first kappa shape index (κ1) is 55.1. The number of hydrogen-bond acceptors (Lipinski definition) is 6. The quantitative estimate of drug-likeness (QED) is 0.0826. The second-order valence-corrected chi connectivity index (χ2v) is 23.5. The molecule has 0 saturated carbocycles. The van der Waals surface area contributed by atoms with Gasteiger partial charge >= 0.3 is 17.4 Å². The average molecular weight is 1040 g/mol. The summed E-state index contributed by atoms with van der Waals surface area (Å²) in [7, 11) is 0. The van der Waals surface area contributed by atoms with Crippen molar-refractivity contribution in [3.8, 4) is 44.5 Å². The molecule has 0 aliphatic carbocycles. The number of benzene rings is 4. The summed E-state index contributed by atoms with van der Waals surface area (Å²) in [5, 5.41) is 12.9. The van der Waals surface area contributed by atoms with Crippen molar-refractivity contribution in [2.75, 3.05) is 21.3 Å². The molecule has 7 aromatic rings. The van der Waals surface area contributed by atoms with E-state index in [9.17, 15) is 19.2 Å². The Morgan fingerprint density at radius 1 is 0.325 bits per heavy atom. The zero-order valence-corrected chi connectivity index (χ0v) is 47.1. The summed E-state index contributed by atoms with van der Waals surface area (Å²) in [5.41, 5.74) is 10.6. The molecule has 2 aliphatic heterocycles. The minimum Gasteiger partial charge on any atom is -0.354 e. The van der Waals surface area contributed by atoms with Crippen LogP contribution in [0.1, 0.15) is 106 Å². The number of para-hydroxylation sites is 4. The summed E-state index contributed by atoms with van der Waals surface area (Å²) >= 11 is 0. The summed E-state index contributed by atoms with van der Waals surface area (Å²) in [5.74, 6) is -0.603. The molecule has 8 bridgehead atoms. The Hall–Kier alpha value is -8.11. The largest absolute Gasteiger partial charge is 3.00 e. The average Bonchev–Trinajstić information content (AvgIpc) is 4.25. The van der Waals surface area contributed by atoms with Gasteiger partial charge in [0.1, 0.15) is 0 Å². The molecule has 3 aromatic heterocycles. The van der Waals surface area contributed by atoms with Crippen molar-refractivity contribution in [1.29, 1.82) is 0 Å². The van der Waals surface area contributed by atoms with Crippen LogP contribution in [0.2, 0.25) is 0 Å². The minimum absolute atomic E-state index is 0. The fourth-order valence-electron chi connectivity index (χ4n) is 8.82. The number of rotatable bonds is 8. The number of anilines is 4. The van der Waals surface area contributed by atoms with Crippen molar-refractivity contribution < 1.29 is 19.2 Å². The second kappa shape index (κ2) is 21.1. The van der Waals surface area contributed by atoms with Gasteiger partial charge in [0.15, 0.2) is 0 Å². The van der Waals surface area contributed by atoms with E-state index < -0.39 is 21.7 Å². The summed E-state index contributed by atoms with van der Waals surface area (Å²) in [6.07, 6.45) is 7.91. The normalized spacial score (nSPS) is 12.4. The number of carbonyl (C=O) groups is 4. The predicted octanol–water partition coefficient (Wildman–Crippen LogP) is 14.9. The van der Waals surface area contributed by atoms with Crippen LogP contribution >= 0.6 is 0 Å². The van der Waals surface area contributed by atoms with E-state index in [-0.39, 0.29) is 41.0 Å². The Kier molecular flexibility index (Phi) is 15.1. The third-order valence-corrected chi connectivity index (χ3v) is 13.3. The zero-order chi connectivity index (χ0) is 54.5. The van der Waals surface area contributed by atoms with Crippen LogP contribution in [0, 0.1) is 21.7 Å². The van der Waals surface area contributed by atoms with Gasteiger partial charge in [0.25, 0.3) is 0 Å². The van der Waals surface area contributed by atoms with E-state index in [1.165, 1.54) is 0 Å². The molecule has 6 N–H and O–H groups in total. The molecule has 5 heterocycles. The molecule has 13 heteroatoms. The van der Waals surface area contributed by atoms with E-state index in [1.54, 1.807) is 0 Å². The second-order valence-electron chi connectivity index (χ2n) is 23.5. The van der Waals surface area contributed by atoms with Crippen LogP contribution in [0.5, 0.6) is 0 Å². The molecule has 4 amide bonds. The van der Waals surface area contributed by atoms with E-state index in [2.05, 4.69) is 31.2 Å². The smallest absolute Gasteiger partial charge is 0.354 e. The number of hydrogen-bond donors (Lipinski definition) is 6. The summed E-state index contributed by atoms with van der Waals surface area (Å²) < 4.78 is 0. The molecular weight excluding hydrogens is 972 g/mol.